The van der Waals surface area contributed by atoms with E-state index in [0.717, 1.165) is 49.7 Å². The Labute approximate surface area is 131 Å². The van der Waals surface area contributed by atoms with E-state index >= 15 is 0 Å². The SMILES string of the molecule is CCc1csc(CCNC(=O)C(C)N2CCN(C)CC2)n1. The van der Waals surface area contributed by atoms with Gasteiger partial charge in [-0.2, -0.15) is 0 Å². The molecule has 1 aliphatic rings. The molecule has 0 saturated carbocycles. The predicted octanol–water partition coefficient (Wildman–Crippen LogP) is 1.00. The highest BCUT2D eigenvalue weighted by molar-refractivity contribution is 7.09. The largest absolute Gasteiger partial charge is 0.354 e. The van der Waals surface area contributed by atoms with Crippen molar-refractivity contribution in [3.05, 3.63) is 16.1 Å². The van der Waals surface area contributed by atoms with Gasteiger partial charge in [0.05, 0.1) is 16.7 Å². The van der Waals surface area contributed by atoms with Crippen LogP contribution in [-0.4, -0.2) is 66.5 Å². The lowest BCUT2D eigenvalue weighted by Crippen LogP contribution is -2.53. The van der Waals surface area contributed by atoms with Crippen molar-refractivity contribution in [1.29, 1.82) is 0 Å². The van der Waals surface area contributed by atoms with Crippen molar-refractivity contribution in [1.82, 2.24) is 20.1 Å². The number of nitrogens with one attached hydrogen (secondary N) is 1. The minimum absolute atomic E-state index is 0.0406. The van der Waals surface area contributed by atoms with E-state index in [2.05, 4.69) is 39.5 Å². The number of amides is 1. The molecule has 0 bridgehead atoms. The zero-order valence-electron chi connectivity index (χ0n) is 13.3. The van der Waals surface area contributed by atoms with Crippen LogP contribution in [0.25, 0.3) is 0 Å². The van der Waals surface area contributed by atoms with Crippen LogP contribution in [0.2, 0.25) is 0 Å². The van der Waals surface area contributed by atoms with E-state index in [0.29, 0.717) is 6.54 Å². The van der Waals surface area contributed by atoms with Crippen LogP contribution in [0.15, 0.2) is 5.38 Å². The van der Waals surface area contributed by atoms with Crippen LogP contribution < -0.4 is 5.32 Å². The average molecular weight is 310 g/mol. The standard InChI is InChI=1S/C15H26N4OS/c1-4-13-11-21-14(17-13)5-6-16-15(20)12(2)19-9-7-18(3)8-10-19/h11-12H,4-10H2,1-3H3,(H,16,20). The molecular formula is C15H26N4OS. The summed E-state index contributed by atoms with van der Waals surface area (Å²) in [5.41, 5.74) is 1.15. The maximum Gasteiger partial charge on any atom is 0.237 e. The van der Waals surface area contributed by atoms with Gasteiger partial charge in [-0.15, -0.1) is 11.3 Å². The van der Waals surface area contributed by atoms with Crippen molar-refractivity contribution in [2.45, 2.75) is 32.7 Å². The van der Waals surface area contributed by atoms with E-state index in [4.69, 9.17) is 0 Å². The third-order valence-electron chi connectivity index (χ3n) is 4.06. The van der Waals surface area contributed by atoms with Crippen molar-refractivity contribution in [2.75, 3.05) is 39.8 Å². The minimum atomic E-state index is -0.0406. The monoisotopic (exact) mass is 310 g/mol. The first kappa shape index (κ1) is 16.4. The van der Waals surface area contributed by atoms with Gasteiger partial charge in [-0.1, -0.05) is 6.92 Å². The van der Waals surface area contributed by atoms with Gasteiger partial charge in [-0.05, 0) is 20.4 Å². The fourth-order valence-electron chi connectivity index (χ4n) is 2.44. The molecule has 6 heteroatoms. The Morgan fingerprint density at radius 1 is 1.43 bits per heavy atom. The second-order valence-corrected chi connectivity index (χ2v) is 6.59. The molecule has 1 atom stereocenters. The van der Waals surface area contributed by atoms with E-state index in [1.807, 2.05) is 6.92 Å². The molecule has 0 aliphatic carbocycles. The summed E-state index contributed by atoms with van der Waals surface area (Å²) in [6.45, 7) is 8.80. The van der Waals surface area contributed by atoms with Gasteiger partial charge in [-0.25, -0.2) is 4.98 Å². The zero-order valence-corrected chi connectivity index (χ0v) is 14.1. The van der Waals surface area contributed by atoms with Crippen LogP contribution in [0.3, 0.4) is 0 Å². The van der Waals surface area contributed by atoms with E-state index in [-0.39, 0.29) is 11.9 Å². The summed E-state index contributed by atoms with van der Waals surface area (Å²) < 4.78 is 0. The molecule has 21 heavy (non-hydrogen) atoms. The van der Waals surface area contributed by atoms with Gasteiger partial charge in [0.15, 0.2) is 0 Å². The van der Waals surface area contributed by atoms with Crippen LogP contribution in [0.4, 0.5) is 0 Å². The lowest BCUT2D eigenvalue weighted by atomic mass is 10.2. The molecule has 5 nitrogen and oxygen atoms in total. The number of aromatic nitrogens is 1. The lowest BCUT2D eigenvalue weighted by Gasteiger charge is -2.35. The Balaban J connectivity index is 1.71. The summed E-state index contributed by atoms with van der Waals surface area (Å²) in [7, 11) is 2.13. The van der Waals surface area contributed by atoms with E-state index in [1.54, 1.807) is 11.3 Å². The van der Waals surface area contributed by atoms with Crippen LogP contribution in [0, 0.1) is 0 Å². The van der Waals surface area contributed by atoms with Crippen molar-refractivity contribution in [3.63, 3.8) is 0 Å². The predicted molar refractivity (Wildman–Crippen MR) is 86.7 cm³/mol. The van der Waals surface area contributed by atoms with E-state index in [9.17, 15) is 4.79 Å². The quantitative estimate of drug-likeness (QED) is 0.852. The molecule has 0 aromatic carbocycles. The topological polar surface area (TPSA) is 48.5 Å². The molecule has 1 N–H and O–H groups in total. The van der Waals surface area contributed by atoms with Gasteiger partial charge >= 0.3 is 0 Å². The Morgan fingerprint density at radius 2 is 2.14 bits per heavy atom. The number of likely N-dealkylation sites (N-methyl/N-ethyl adjacent to an activating group) is 1. The summed E-state index contributed by atoms with van der Waals surface area (Å²) >= 11 is 1.68. The Hall–Kier alpha value is -0.980. The summed E-state index contributed by atoms with van der Waals surface area (Å²) in [5.74, 6) is 0.131. The van der Waals surface area contributed by atoms with Crippen molar-refractivity contribution >= 4 is 17.2 Å². The zero-order chi connectivity index (χ0) is 15.2. The molecule has 118 valence electrons. The van der Waals surface area contributed by atoms with Gasteiger partial charge in [0.2, 0.25) is 5.91 Å². The number of carbonyl (C=O) groups excluding carboxylic acids is 1. The summed E-state index contributed by atoms with van der Waals surface area (Å²) in [5, 5.41) is 6.25. The molecule has 1 aliphatic heterocycles. The van der Waals surface area contributed by atoms with Crippen LogP contribution in [0.1, 0.15) is 24.5 Å². The van der Waals surface area contributed by atoms with Crippen molar-refractivity contribution in [3.8, 4) is 0 Å². The van der Waals surface area contributed by atoms with Crippen molar-refractivity contribution < 1.29 is 4.79 Å². The number of hydrogen-bond acceptors (Lipinski definition) is 5. The van der Waals surface area contributed by atoms with Crippen LogP contribution in [0.5, 0.6) is 0 Å². The number of hydrogen-bond donors (Lipinski definition) is 1. The maximum absolute atomic E-state index is 12.2. The Kier molecular flexibility index (Phi) is 6.14. The lowest BCUT2D eigenvalue weighted by molar-refractivity contribution is -0.126. The Morgan fingerprint density at radius 3 is 2.76 bits per heavy atom. The number of nitrogens with zero attached hydrogens (tertiary/aromatic N) is 3. The maximum atomic E-state index is 12.2. The second-order valence-electron chi connectivity index (χ2n) is 5.64. The van der Waals surface area contributed by atoms with E-state index in [1.165, 1.54) is 0 Å². The molecule has 1 amide bonds. The third-order valence-corrected chi connectivity index (χ3v) is 5.02. The number of rotatable bonds is 6. The van der Waals surface area contributed by atoms with Gasteiger partial charge < -0.3 is 10.2 Å². The van der Waals surface area contributed by atoms with Crippen molar-refractivity contribution in [2.24, 2.45) is 0 Å². The van der Waals surface area contributed by atoms with Gasteiger partial charge in [0, 0.05) is 44.5 Å². The Bertz CT molecular complexity index is 454. The fourth-order valence-corrected chi connectivity index (χ4v) is 3.32. The number of piperazine rings is 1. The smallest absolute Gasteiger partial charge is 0.237 e. The summed E-state index contributed by atoms with van der Waals surface area (Å²) in [6.07, 6.45) is 1.80. The van der Waals surface area contributed by atoms with Gasteiger partial charge in [0.1, 0.15) is 0 Å². The highest BCUT2D eigenvalue weighted by Crippen LogP contribution is 2.10. The molecule has 1 saturated heterocycles. The van der Waals surface area contributed by atoms with E-state index < -0.39 is 0 Å². The molecule has 1 fully saturated rings. The van der Waals surface area contributed by atoms with Gasteiger partial charge in [-0.3, -0.25) is 9.69 Å². The molecule has 2 heterocycles. The molecular weight excluding hydrogens is 284 g/mol. The molecule has 1 aromatic rings. The number of aryl methyl sites for hydroxylation is 1. The molecule has 1 unspecified atom stereocenters. The molecule has 1 aromatic heterocycles. The summed E-state index contributed by atoms with van der Waals surface area (Å²) in [4.78, 5) is 21.3. The minimum Gasteiger partial charge on any atom is -0.354 e. The van der Waals surface area contributed by atoms with Crippen LogP contribution >= 0.6 is 11.3 Å². The fraction of sp³-hybridized carbons (Fsp3) is 0.733. The molecule has 0 radical (unpaired) electrons. The number of thiazole rings is 1. The summed E-state index contributed by atoms with van der Waals surface area (Å²) in [6, 6.07) is -0.0406. The first-order chi connectivity index (χ1) is 10.1. The first-order valence-electron chi connectivity index (χ1n) is 7.73. The molecule has 2 rings (SSSR count). The highest BCUT2D eigenvalue weighted by atomic mass is 32.1. The van der Waals surface area contributed by atoms with Crippen LogP contribution in [-0.2, 0) is 17.6 Å². The first-order valence-corrected chi connectivity index (χ1v) is 8.61. The van der Waals surface area contributed by atoms with Gasteiger partial charge in [0.25, 0.3) is 0 Å². The second kappa shape index (κ2) is 7.87. The number of carbonyl (C=O) groups is 1. The average Bonchev–Trinajstić information content (AvgIpc) is 2.95. The molecule has 0 spiro atoms. The normalized spacial score (nSPS) is 18.6. The third kappa shape index (κ3) is 4.76. The highest BCUT2D eigenvalue weighted by Gasteiger charge is 2.23.